The van der Waals surface area contributed by atoms with Crippen LogP contribution in [-0.4, -0.2) is 24.7 Å². The summed E-state index contributed by atoms with van der Waals surface area (Å²) < 4.78 is 29.3. The van der Waals surface area contributed by atoms with Crippen LogP contribution in [0.15, 0.2) is 41.5 Å². The summed E-state index contributed by atoms with van der Waals surface area (Å²) in [7, 11) is 1.42. The van der Waals surface area contributed by atoms with E-state index in [1.807, 2.05) is 18.2 Å². The topological polar surface area (TPSA) is 64.1 Å². The zero-order valence-electron chi connectivity index (χ0n) is 14.3. The fourth-order valence-electron chi connectivity index (χ4n) is 2.36. The zero-order chi connectivity index (χ0) is 18.5. The molecule has 0 spiro atoms. The van der Waals surface area contributed by atoms with Crippen LogP contribution in [-0.2, 0) is 6.54 Å². The van der Waals surface area contributed by atoms with Gasteiger partial charge in [-0.2, -0.15) is 5.10 Å². The molecule has 3 rings (SSSR count). The van der Waals surface area contributed by atoms with Crippen LogP contribution >= 0.6 is 12.2 Å². The molecule has 26 heavy (non-hydrogen) atoms. The smallest absolute Gasteiger partial charge is 0.231 e. The van der Waals surface area contributed by atoms with Crippen molar-refractivity contribution in [3.63, 3.8) is 0 Å². The summed E-state index contributed by atoms with van der Waals surface area (Å²) >= 11 is 5.21. The second kappa shape index (κ2) is 8.01. The number of ether oxygens (including phenoxy) is 3. The summed E-state index contributed by atoms with van der Waals surface area (Å²) in [4.78, 5) is 0. The average Bonchev–Trinajstić information content (AvgIpc) is 3.12. The molecule has 0 radical (unpaired) electrons. The monoisotopic (exact) mass is 375 g/mol. The number of benzene rings is 2. The highest BCUT2D eigenvalue weighted by molar-refractivity contribution is 7.80. The minimum Gasteiger partial charge on any atom is -0.494 e. The van der Waals surface area contributed by atoms with Crippen LogP contribution in [0.3, 0.4) is 0 Å². The molecule has 2 aromatic carbocycles. The van der Waals surface area contributed by atoms with E-state index >= 15 is 0 Å². The molecule has 1 aliphatic heterocycles. The SMILES string of the molecule is COc1ccc(/C(C)=N\NC(=S)NCc2ccc3c(c2)OCO3)cc1F. The molecule has 2 aromatic rings. The molecule has 6 nitrogen and oxygen atoms in total. The van der Waals surface area contributed by atoms with Crippen LogP contribution in [0.4, 0.5) is 4.39 Å². The third-order valence-electron chi connectivity index (χ3n) is 3.78. The van der Waals surface area contributed by atoms with Crippen LogP contribution in [0.25, 0.3) is 0 Å². The summed E-state index contributed by atoms with van der Waals surface area (Å²) in [6, 6.07) is 10.3. The van der Waals surface area contributed by atoms with Gasteiger partial charge in [0, 0.05) is 12.1 Å². The quantitative estimate of drug-likeness (QED) is 0.476. The minimum atomic E-state index is -0.442. The molecule has 0 bridgehead atoms. The minimum absolute atomic E-state index is 0.190. The number of nitrogens with zero attached hydrogens (tertiary/aromatic N) is 1. The number of methoxy groups -OCH3 is 1. The van der Waals surface area contributed by atoms with Crippen LogP contribution in [0.2, 0.25) is 0 Å². The average molecular weight is 375 g/mol. The van der Waals surface area contributed by atoms with Gasteiger partial charge in [0.1, 0.15) is 0 Å². The Kier molecular flexibility index (Phi) is 5.52. The van der Waals surface area contributed by atoms with Crippen LogP contribution in [0, 0.1) is 5.82 Å². The molecule has 0 aromatic heterocycles. The first-order chi connectivity index (χ1) is 12.6. The molecule has 1 heterocycles. The summed E-state index contributed by atoms with van der Waals surface area (Å²) in [6.07, 6.45) is 0. The maximum Gasteiger partial charge on any atom is 0.231 e. The Morgan fingerprint density at radius 1 is 1.23 bits per heavy atom. The second-order valence-electron chi connectivity index (χ2n) is 5.53. The molecular weight excluding hydrogens is 357 g/mol. The van der Waals surface area contributed by atoms with Crippen molar-refractivity contribution in [2.24, 2.45) is 5.10 Å². The van der Waals surface area contributed by atoms with E-state index in [1.54, 1.807) is 19.1 Å². The molecule has 0 amide bonds. The third-order valence-corrected chi connectivity index (χ3v) is 4.02. The van der Waals surface area contributed by atoms with E-state index in [9.17, 15) is 4.39 Å². The number of thiocarbonyl (C=S) groups is 1. The van der Waals surface area contributed by atoms with Gasteiger partial charge in [-0.05, 0) is 55.0 Å². The number of hydrogen-bond acceptors (Lipinski definition) is 5. The van der Waals surface area contributed by atoms with Gasteiger partial charge in [0.25, 0.3) is 0 Å². The van der Waals surface area contributed by atoms with Gasteiger partial charge in [-0.3, -0.25) is 5.43 Å². The molecule has 136 valence electrons. The fraction of sp³-hybridized carbons (Fsp3) is 0.222. The molecular formula is C18H18FN3O3S. The van der Waals surface area contributed by atoms with Gasteiger partial charge in [0.05, 0.1) is 12.8 Å². The predicted octanol–water partition coefficient (Wildman–Crippen LogP) is 2.95. The highest BCUT2D eigenvalue weighted by Crippen LogP contribution is 2.32. The zero-order valence-corrected chi connectivity index (χ0v) is 15.2. The molecule has 0 saturated carbocycles. The van der Waals surface area contributed by atoms with Crippen LogP contribution in [0.1, 0.15) is 18.1 Å². The van der Waals surface area contributed by atoms with E-state index in [0.29, 0.717) is 22.9 Å². The Bertz CT molecular complexity index is 858. The van der Waals surface area contributed by atoms with E-state index < -0.39 is 5.82 Å². The van der Waals surface area contributed by atoms with Gasteiger partial charge in [-0.25, -0.2) is 4.39 Å². The standard InChI is InChI=1S/C18H18FN3O3S/c1-11(13-4-6-15(23-2)14(19)8-13)21-22-18(26)20-9-12-3-5-16-17(7-12)25-10-24-16/h3-8H,9-10H2,1-2H3,(H2,20,22,26)/b21-11-. The Balaban J connectivity index is 1.54. The normalized spacial score (nSPS) is 12.7. The van der Waals surface area contributed by atoms with Gasteiger partial charge in [0.15, 0.2) is 28.2 Å². The largest absolute Gasteiger partial charge is 0.494 e. The number of hydrazone groups is 1. The molecule has 0 unspecified atom stereocenters. The molecule has 0 aliphatic carbocycles. The molecule has 0 saturated heterocycles. The highest BCUT2D eigenvalue weighted by Gasteiger charge is 2.13. The van der Waals surface area contributed by atoms with Gasteiger partial charge in [-0.15, -0.1) is 0 Å². The highest BCUT2D eigenvalue weighted by atomic mass is 32.1. The van der Waals surface area contributed by atoms with E-state index in [1.165, 1.54) is 13.2 Å². The number of hydrogen-bond donors (Lipinski definition) is 2. The maximum absolute atomic E-state index is 13.8. The van der Waals surface area contributed by atoms with Crippen molar-refractivity contribution in [3.8, 4) is 17.2 Å². The molecule has 1 aliphatic rings. The lowest BCUT2D eigenvalue weighted by molar-refractivity contribution is 0.174. The molecule has 8 heteroatoms. The van der Waals surface area contributed by atoms with Gasteiger partial charge >= 0.3 is 0 Å². The first-order valence-corrected chi connectivity index (χ1v) is 8.28. The maximum atomic E-state index is 13.8. The first-order valence-electron chi connectivity index (χ1n) is 7.87. The number of halogens is 1. The van der Waals surface area contributed by atoms with Crippen molar-refractivity contribution in [2.75, 3.05) is 13.9 Å². The number of rotatable bonds is 5. The first kappa shape index (κ1) is 17.9. The predicted molar refractivity (Wildman–Crippen MR) is 100 cm³/mol. The van der Waals surface area contributed by atoms with Crippen LogP contribution < -0.4 is 25.0 Å². The van der Waals surface area contributed by atoms with Gasteiger partial charge in [0.2, 0.25) is 6.79 Å². The van der Waals surface area contributed by atoms with Crippen molar-refractivity contribution < 1.29 is 18.6 Å². The molecule has 0 atom stereocenters. The number of fused-ring (bicyclic) bond motifs is 1. The van der Waals surface area contributed by atoms with Crippen molar-refractivity contribution in [2.45, 2.75) is 13.5 Å². The van der Waals surface area contributed by atoms with Crippen molar-refractivity contribution in [1.29, 1.82) is 0 Å². The summed E-state index contributed by atoms with van der Waals surface area (Å²) in [5, 5.41) is 7.58. The Hall–Kier alpha value is -2.87. The third kappa shape index (κ3) is 4.20. The summed E-state index contributed by atoms with van der Waals surface area (Å²) in [6.45, 7) is 2.51. The molecule has 2 N–H and O–H groups in total. The Morgan fingerprint density at radius 2 is 2.04 bits per heavy atom. The van der Waals surface area contributed by atoms with Crippen LogP contribution in [0.5, 0.6) is 17.2 Å². The lowest BCUT2D eigenvalue weighted by Crippen LogP contribution is -2.32. The summed E-state index contributed by atoms with van der Waals surface area (Å²) in [5.41, 5.74) is 4.98. The van der Waals surface area contributed by atoms with E-state index in [0.717, 1.165) is 17.1 Å². The van der Waals surface area contributed by atoms with Crippen molar-refractivity contribution in [3.05, 3.63) is 53.3 Å². The Morgan fingerprint density at radius 3 is 2.81 bits per heavy atom. The van der Waals surface area contributed by atoms with E-state index in [2.05, 4.69) is 15.8 Å². The fourth-order valence-corrected chi connectivity index (χ4v) is 2.48. The lowest BCUT2D eigenvalue weighted by Gasteiger charge is -2.09. The van der Waals surface area contributed by atoms with E-state index in [-0.39, 0.29) is 12.5 Å². The summed E-state index contributed by atoms with van der Waals surface area (Å²) in [5.74, 6) is 1.21. The van der Waals surface area contributed by atoms with Gasteiger partial charge < -0.3 is 19.5 Å². The second-order valence-corrected chi connectivity index (χ2v) is 5.94. The van der Waals surface area contributed by atoms with E-state index in [4.69, 9.17) is 26.4 Å². The van der Waals surface area contributed by atoms with Gasteiger partial charge in [-0.1, -0.05) is 6.07 Å². The lowest BCUT2D eigenvalue weighted by atomic mass is 10.1. The van der Waals surface area contributed by atoms with Crippen molar-refractivity contribution >= 4 is 23.0 Å². The number of nitrogens with one attached hydrogen (secondary N) is 2. The van der Waals surface area contributed by atoms with Crippen molar-refractivity contribution in [1.82, 2.24) is 10.7 Å². The Labute approximate surface area is 156 Å². The molecule has 0 fully saturated rings.